The van der Waals surface area contributed by atoms with E-state index in [0.717, 1.165) is 0 Å². The Morgan fingerprint density at radius 3 is 2.71 bits per heavy atom. The van der Waals surface area contributed by atoms with Crippen LogP contribution in [0.4, 0.5) is 9.18 Å². The van der Waals surface area contributed by atoms with Crippen LogP contribution >= 0.6 is 0 Å². The molecule has 0 aliphatic carbocycles. The molecule has 21 heavy (non-hydrogen) atoms. The molecular formula is C15H21FN2O3. The number of ether oxygens (including phenoxy) is 1. The molecule has 0 unspecified atom stereocenters. The summed E-state index contributed by atoms with van der Waals surface area (Å²) in [5.41, 5.74) is 0.701. The molecule has 5 nitrogen and oxygen atoms in total. The third kappa shape index (κ3) is 6.74. The first kappa shape index (κ1) is 16.9. The molecule has 0 saturated carbocycles. The average molecular weight is 296 g/mol. The smallest absolute Gasteiger partial charge is 0.317 e. The molecule has 2 amide bonds. The number of nitrogens with one attached hydrogen (secondary N) is 1. The second kappa shape index (κ2) is 8.24. The number of rotatable bonds is 6. The molecule has 116 valence electrons. The second-order valence-corrected chi connectivity index (χ2v) is 5.01. The molecule has 0 aromatic heterocycles. The topological polar surface area (TPSA) is 58.6 Å². The molecule has 0 spiro atoms. The van der Waals surface area contributed by atoms with Crippen molar-refractivity contribution in [2.24, 2.45) is 0 Å². The second-order valence-electron chi connectivity index (χ2n) is 5.01. The van der Waals surface area contributed by atoms with E-state index in [1.54, 1.807) is 33.0 Å². The van der Waals surface area contributed by atoms with Gasteiger partial charge in [0, 0.05) is 20.1 Å². The van der Waals surface area contributed by atoms with E-state index in [9.17, 15) is 14.0 Å². The van der Waals surface area contributed by atoms with E-state index in [0.29, 0.717) is 12.1 Å². The van der Waals surface area contributed by atoms with Crippen molar-refractivity contribution in [3.63, 3.8) is 0 Å². The van der Waals surface area contributed by atoms with Crippen molar-refractivity contribution < 1.29 is 18.7 Å². The summed E-state index contributed by atoms with van der Waals surface area (Å²) in [6, 6.07) is 5.75. The molecule has 1 aromatic carbocycles. The molecule has 6 heteroatoms. The fourth-order valence-corrected chi connectivity index (χ4v) is 1.71. The third-order valence-corrected chi connectivity index (χ3v) is 2.63. The van der Waals surface area contributed by atoms with Crippen LogP contribution in [-0.4, -0.2) is 36.6 Å². The van der Waals surface area contributed by atoms with Gasteiger partial charge in [0.05, 0.1) is 12.5 Å². The first-order chi connectivity index (χ1) is 9.88. The van der Waals surface area contributed by atoms with Crippen LogP contribution in [0.15, 0.2) is 24.3 Å². The molecule has 0 aliphatic rings. The fraction of sp³-hybridized carbons (Fsp3) is 0.467. The van der Waals surface area contributed by atoms with E-state index in [4.69, 9.17) is 4.74 Å². The van der Waals surface area contributed by atoms with Gasteiger partial charge in [-0.1, -0.05) is 12.1 Å². The Kier molecular flexibility index (Phi) is 6.65. The lowest BCUT2D eigenvalue weighted by Crippen LogP contribution is -2.38. The lowest BCUT2D eigenvalue weighted by Gasteiger charge is -2.18. The van der Waals surface area contributed by atoms with Crippen molar-refractivity contribution in [1.29, 1.82) is 0 Å². The Morgan fingerprint density at radius 1 is 1.38 bits per heavy atom. The number of urea groups is 1. The molecular weight excluding hydrogens is 275 g/mol. The standard InChI is InChI=1S/C15H21FN2O3/c1-11(2)21-14(19)7-8-17-15(20)18(3)10-12-5-4-6-13(16)9-12/h4-6,9,11H,7-8,10H2,1-3H3,(H,17,20). The summed E-state index contributed by atoms with van der Waals surface area (Å²) in [6.07, 6.45) is -0.0404. The van der Waals surface area contributed by atoms with Crippen LogP contribution < -0.4 is 5.32 Å². The number of hydrogen-bond donors (Lipinski definition) is 1. The molecule has 1 rings (SSSR count). The highest BCUT2D eigenvalue weighted by atomic mass is 19.1. The molecule has 0 bridgehead atoms. The lowest BCUT2D eigenvalue weighted by atomic mass is 10.2. The van der Waals surface area contributed by atoms with Gasteiger partial charge in [0.1, 0.15) is 5.82 Å². The van der Waals surface area contributed by atoms with E-state index in [-0.39, 0.29) is 36.9 Å². The largest absolute Gasteiger partial charge is 0.463 e. The molecule has 0 atom stereocenters. The first-order valence-corrected chi connectivity index (χ1v) is 6.81. The highest BCUT2D eigenvalue weighted by molar-refractivity contribution is 5.75. The van der Waals surface area contributed by atoms with Crippen molar-refractivity contribution >= 4 is 12.0 Å². The van der Waals surface area contributed by atoms with Crippen molar-refractivity contribution in [1.82, 2.24) is 10.2 Å². The minimum atomic E-state index is -0.349. The number of benzene rings is 1. The Labute approximate surface area is 124 Å². The highest BCUT2D eigenvalue weighted by Gasteiger charge is 2.11. The van der Waals surface area contributed by atoms with Crippen LogP contribution in [-0.2, 0) is 16.1 Å². The number of carbonyl (C=O) groups is 2. The van der Waals surface area contributed by atoms with E-state index < -0.39 is 0 Å². The summed E-state index contributed by atoms with van der Waals surface area (Å²) in [5, 5.41) is 2.61. The van der Waals surface area contributed by atoms with Crippen molar-refractivity contribution in [2.75, 3.05) is 13.6 Å². The fourth-order valence-electron chi connectivity index (χ4n) is 1.71. The average Bonchev–Trinajstić information content (AvgIpc) is 2.37. The van der Waals surface area contributed by atoms with Gasteiger partial charge in [0.15, 0.2) is 0 Å². The van der Waals surface area contributed by atoms with E-state index in [1.165, 1.54) is 17.0 Å². The van der Waals surface area contributed by atoms with E-state index >= 15 is 0 Å². The third-order valence-electron chi connectivity index (χ3n) is 2.63. The number of nitrogens with zero attached hydrogens (tertiary/aromatic N) is 1. The zero-order valence-corrected chi connectivity index (χ0v) is 12.6. The minimum Gasteiger partial charge on any atom is -0.463 e. The van der Waals surface area contributed by atoms with Crippen molar-refractivity contribution in [2.45, 2.75) is 32.9 Å². The van der Waals surface area contributed by atoms with Gasteiger partial charge in [-0.25, -0.2) is 9.18 Å². The van der Waals surface area contributed by atoms with Crippen LogP contribution in [0.2, 0.25) is 0 Å². The number of halogens is 1. The van der Waals surface area contributed by atoms with Gasteiger partial charge >= 0.3 is 12.0 Å². The maximum absolute atomic E-state index is 13.0. The molecule has 0 aliphatic heterocycles. The number of amides is 2. The van der Waals surface area contributed by atoms with E-state index in [1.807, 2.05) is 0 Å². The summed E-state index contributed by atoms with van der Waals surface area (Å²) >= 11 is 0. The molecule has 0 heterocycles. The molecule has 0 fully saturated rings. The molecule has 0 saturated heterocycles. The van der Waals surface area contributed by atoms with Gasteiger partial charge in [-0.05, 0) is 31.5 Å². The number of hydrogen-bond acceptors (Lipinski definition) is 3. The summed E-state index contributed by atoms with van der Waals surface area (Å²) in [7, 11) is 1.60. The summed E-state index contributed by atoms with van der Waals surface area (Å²) in [4.78, 5) is 24.5. The van der Waals surface area contributed by atoms with Crippen molar-refractivity contribution in [3.8, 4) is 0 Å². The summed E-state index contributed by atoms with van der Waals surface area (Å²) < 4.78 is 18.0. The minimum absolute atomic E-state index is 0.123. The van der Waals surface area contributed by atoms with Gasteiger partial charge in [0.2, 0.25) is 0 Å². The lowest BCUT2D eigenvalue weighted by molar-refractivity contribution is -0.147. The Balaban J connectivity index is 2.33. The molecule has 0 radical (unpaired) electrons. The zero-order chi connectivity index (χ0) is 15.8. The number of carbonyl (C=O) groups excluding carboxylic acids is 2. The normalized spacial score (nSPS) is 10.3. The first-order valence-electron chi connectivity index (χ1n) is 6.81. The van der Waals surface area contributed by atoms with Crippen LogP contribution in [0.25, 0.3) is 0 Å². The van der Waals surface area contributed by atoms with E-state index in [2.05, 4.69) is 5.32 Å². The Hall–Kier alpha value is -2.11. The number of esters is 1. The maximum Gasteiger partial charge on any atom is 0.317 e. The Bertz CT molecular complexity index is 492. The monoisotopic (exact) mass is 296 g/mol. The molecule has 1 N–H and O–H groups in total. The van der Waals surface area contributed by atoms with Gasteiger partial charge in [-0.3, -0.25) is 4.79 Å². The maximum atomic E-state index is 13.0. The quantitative estimate of drug-likeness (QED) is 0.820. The van der Waals surface area contributed by atoms with Crippen molar-refractivity contribution in [3.05, 3.63) is 35.6 Å². The predicted molar refractivity (Wildman–Crippen MR) is 77.1 cm³/mol. The molecule has 1 aromatic rings. The summed E-state index contributed by atoms with van der Waals surface area (Å²) in [6.45, 7) is 4.03. The van der Waals surface area contributed by atoms with Gasteiger partial charge in [-0.2, -0.15) is 0 Å². The highest BCUT2D eigenvalue weighted by Crippen LogP contribution is 2.06. The van der Waals surface area contributed by atoms with Gasteiger partial charge in [0.25, 0.3) is 0 Å². The predicted octanol–water partition coefficient (Wildman–Crippen LogP) is 2.31. The van der Waals surface area contributed by atoms with Crippen LogP contribution in [0, 0.1) is 5.82 Å². The SMILES string of the molecule is CC(C)OC(=O)CCNC(=O)N(C)Cc1cccc(F)c1. The van der Waals surface area contributed by atoms with Crippen LogP contribution in [0.5, 0.6) is 0 Å². The zero-order valence-electron chi connectivity index (χ0n) is 12.6. The van der Waals surface area contributed by atoms with Crippen LogP contribution in [0.3, 0.4) is 0 Å². The summed E-state index contributed by atoms with van der Waals surface area (Å²) in [5.74, 6) is -0.684. The van der Waals surface area contributed by atoms with Gasteiger partial charge < -0.3 is 15.0 Å². The van der Waals surface area contributed by atoms with Crippen LogP contribution in [0.1, 0.15) is 25.8 Å². The van der Waals surface area contributed by atoms with Gasteiger partial charge in [-0.15, -0.1) is 0 Å². The Morgan fingerprint density at radius 2 is 2.10 bits per heavy atom.